The molecule has 59 valence electrons. The van der Waals surface area contributed by atoms with Crippen molar-refractivity contribution in [2.75, 3.05) is 13.7 Å². The highest BCUT2D eigenvalue weighted by atomic mass is 16.5. The highest BCUT2D eigenvalue weighted by Crippen LogP contribution is 2.22. The van der Waals surface area contributed by atoms with Gasteiger partial charge in [0.15, 0.2) is 0 Å². The van der Waals surface area contributed by atoms with Crippen molar-refractivity contribution in [1.29, 1.82) is 0 Å². The van der Waals surface area contributed by atoms with Gasteiger partial charge in [0, 0.05) is 6.54 Å². The molecule has 1 aromatic carbocycles. The van der Waals surface area contributed by atoms with Gasteiger partial charge in [0.25, 0.3) is 0 Å². The molecule has 0 saturated carbocycles. The number of rotatable bonds is 3. The van der Waals surface area contributed by atoms with Gasteiger partial charge in [-0.3, -0.25) is 5.32 Å². The zero-order valence-corrected chi connectivity index (χ0v) is 6.87. The Morgan fingerprint density at radius 3 is 2.73 bits per heavy atom. The van der Waals surface area contributed by atoms with E-state index in [1.54, 1.807) is 7.11 Å². The minimum Gasteiger partial charge on any atom is -0.495 e. The van der Waals surface area contributed by atoms with Crippen molar-refractivity contribution in [1.82, 2.24) is 5.32 Å². The molecule has 2 heteroatoms. The molecule has 0 aromatic heterocycles. The normalized spacial score (nSPS) is 9.27. The first kappa shape index (κ1) is 7.92. The summed E-state index contributed by atoms with van der Waals surface area (Å²) in [6, 6.07) is 7.75. The van der Waals surface area contributed by atoms with Crippen LogP contribution in [0.4, 0.5) is 5.69 Å². The number of hydrogen-bond donors (Lipinski definition) is 0. The maximum absolute atomic E-state index is 5.10. The summed E-state index contributed by atoms with van der Waals surface area (Å²) in [6.45, 7) is 2.80. The van der Waals surface area contributed by atoms with E-state index in [4.69, 9.17) is 4.74 Å². The number of methoxy groups -OCH3 is 1. The minimum absolute atomic E-state index is 0.792. The van der Waals surface area contributed by atoms with Crippen LogP contribution in [-0.4, -0.2) is 13.7 Å². The molecule has 0 saturated heterocycles. The number of ether oxygens (including phenoxy) is 1. The molecule has 2 nitrogen and oxygen atoms in total. The predicted octanol–water partition coefficient (Wildman–Crippen LogP) is 1.95. The van der Waals surface area contributed by atoms with Crippen LogP contribution in [0.3, 0.4) is 0 Å². The van der Waals surface area contributed by atoms with Crippen LogP contribution in [0.15, 0.2) is 24.3 Å². The summed E-state index contributed by atoms with van der Waals surface area (Å²) in [5.41, 5.74) is 0.928. The Labute approximate surface area is 67.2 Å². The van der Waals surface area contributed by atoms with E-state index in [9.17, 15) is 0 Å². The Kier molecular flexibility index (Phi) is 2.78. The van der Waals surface area contributed by atoms with Crippen LogP contribution in [0.5, 0.6) is 5.75 Å². The molecule has 0 aliphatic rings. The first-order valence-electron chi connectivity index (χ1n) is 3.69. The first-order chi connectivity index (χ1) is 5.38. The molecule has 1 radical (unpaired) electrons. The number of benzene rings is 1. The molecule has 0 atom stereocenters. The summed E-state index contributed by atoms with van der Waals surface area (Å²) in [5.74, 6) is 0.842. The fourth-order valence-electron chi connectivity index (χ4n) is 0.931. The van der Waals surface area contributed by atoms with Crippen molar-refractivity contribution in [3.05, 3.63) is 24.3 Å². The van der Waals surface area contributed by atoms with Crippen molar-refractivity contribution < 1.29 is 4.74 Å². The van der Waals surface area contributed by atoms with Crippen LogP contribution < -0.4 is 10.1 Å². The monoisotopic (exact) mass is 150 g/mol. The molecule has 0 spiro atoms. The molecule has 0 aliphatic carbocycles. The number of nitrogens with zero attached hydrogens (tertiary/aromatic N) is 1. The Morgan fingerprint density at radius 1 is 1.36 bits per heavy atom. The highest BCUT2D eigenvalue weighted by molar-refractivity contribution is 5.50. The van der Waals surface area contributed by atoms with Crippen LogP contribution in [0.25, 0.3) is 0 Å². The van der Waals surface area contributed by atoms with Crippen molar-refractivity contribution in [2.45, 2.75) is 6.92 Å². The average Bonchev–Trinajstić information content (AvgIpc) is 2.06. The van der Waals surface area contributed by atoms with Gasteiger partial charge in [-0.15, -0.1) is 0 Å². The average molecular weight is 150 g/mol. The molecule has 0 amide bonds. The second-order valence-electron chi connectivity index (χ2n) is 2.15. The smallest absolute Gasteiger partial charge is 0.144 e. The second-order valence-corrected chi connectivity index (χ2v) is 2.15. The maximum Gasteiger partial charge on any atom is 0.144 e. The van der Waals surface area contributed by atoms with Crippen LogP contribution in [-0.2, 0) is 0 Å². The largest absolute Gasteiger partial charge is 0.495 e. The van der Waals surface area contributed by atoms with Crippen molar-refractivity contribution in [3.8, 4) is 5.75 Å². The lowest BCUT2D eigenvalue weighted by Gasteiger charge is -2.05. The Hall–Kier alpha value is -1.18. The van der Waals surface area contributed by atoms with E-state index in [0.717, 1.165) is 18.0 Å². The van der Waals surface area contributed by atoms with Gasteiger partial charge in [-0.05, 0) is 19.1 Å². The molecule has 1 rings (SSSR count). The molecule has 0 unspecified atom stereocenters. The Bertz CT molecular complexity index is 223. The number of hydrogen-bond acceptors (Lipinski definition) is 1. The summed E-state index contributed by atoms with van der Waals surface area (Å²) < 4.78 is 5.10. The SMILES string of the molecule is CC[N]c1ccccc1OC. The maximum atomic E-state index is 5.10. The van der Waals surface area contributed by atoms with Crippen molar-refractivity contribution in [2.24, 2.45) is 0 Å². The Balaban J connectivity index is 2.83. The summed E-state index contributed by atoms with van der Waals surface area (Å²) >= 11 is 0. The van der Waals surface area contributed by atoms with Gasteiger partial charge in [0.1, 0.15) is 5.75 Å². The predicted molar refractivity (Wildman–Crippen MR) is 45.3 cm³/mol. The van der Waals surface area contributed by atoms with Gasteiger partial charge in [0.05, 0.1) is 12.8 Å². The third kappa shape index (κ3) is 1.87. The molecule has 0 fully saturated rings. The molecule has 0 heterocycles. The quantitative estimate of drug-likeness (QED) is 0.646. The summed E-state index contributed by atoms with van der Waals surface area (Å²) in [4.78, 5) is 0. The van der Waals surface area contributed by atoms with Crippen LogP contribution >= 0.6 is 0 Å². The zero-order chi connectivity index (χ0) is 8.10. The number of para-hydroxylation sites is 2. The molecular weight excluding hydrogens is 138 g/mol. The molecular formula is C9H12NO. The second kappa shape index (κ2) is 3.86. The minimum atomic E-state index is 0.792. The van der Waals surface area contributed by atoms with Crippen LogP contribution in [0.1, 0.15) is 6.92 Å². The fourth-order valence-corrected chi connectivity index (χ4v) is 0.931. The van der Waals surface area contributed by atoms with Gasteiger partial charge >= 0.3 is 0 Å². The van der Waals surface area contributed by atoms with Crippen molar-refractivity contribution >= 4 is 5.69 Å². The van der Waals surface area contributed by atoms with Gasteiger partial charge in [-0.25, -0.2) is 0 Å². The molecule has 1 aromatic rings. The van der Waals surface area contributed by atoms with E-state index in [-0.39, 0.29) is 0 Å². The van der Waals surface area contributed by atoms with E-state index >= 15 is 0 Å². The summed E-state index contributed by atoms with van der Waals surface area (Å²) in [7, 11) is 1.66. The lowest BCUT2D eigenvalue weighted by atomic mass is 10.3. The van der Waals surface area contributed by atoms with Gasteiger partial charge in [-0.1, -0.05) is 12.1 Å². The first-order valence-corrected chi connectivity index (χ1v) is 3.69. The summed E-state index contributed by atoms with van der Waals surface area (Å²) in [6.07, 6.45) is 0. The Morgan fingerprint density at radius 2 is 2.09 bits per heavy atom. The lowest BCUT2D eigenvalue weighted by molar-refractivity contribution is 0.413. The molecule has 0 bridgehead atoms. The fraction of sp³-hybridized carbons (Fsp3) is 0.333. The van der Waals surface area contributed by atoms with Gasteiger partial charge in [-0.2, -0.15) is 0 Å². The lowest BCUT2D eigenvalue weighted by Crippen LogP contribution is -1.97. The van der Waals surface area contributed by atoms with Crippen LogP contribution in [0, 0.1) is 0 Å². The van der Waals surface area contributed by atoms with Gasteiger partial charge in [0.2, 0.25) is 0 Å². The third-order valence-electron chi connectivity index (χ3n) is 1.41. The van der Waals surface area contributed by atoms with Crippen molar-refractivity contribution in [3.63, 3.8) is 0 Å². The van der Waals surface area contributed by atoms with E-state index in [2.05, 4.69) is 5.32 Å². The van der Waals surface area contributed by atoms with E-state index in [1.807, 2.05) is 31.2 Å². The topological polar surface area (TPSA) is 23.3 Å². The highest BCUT2D eigenvalue weighted by Gasteiger charge is 1.98. The zero-order valence-electron chi connectivity index (χ0n) is 6.87. The van der Waals surface area contributed by atoms with Crippen LogP contribution in [0.2, 0.25) is 0 Å². The van der Waals surface area contributed by atoms with E-state index in [1.165, 1.54) is 0 Å². The van der Waals surface area contributed by atoms with E-state index in [0.29, 0.717) is 0 Å². The molecule has 0 aliphatic heterocycles. The standard InChI is InChI=1S/C9H12NO/c1-3-10-8-6-4-5-7-9(8)11-2/h4-7H,3H2,1-2H3. The van der Waals surface area contributed by atoms with E-state index < -0.39 is 0 Å². The third-order valence-corrected chi connectivity index (χ3v) is 1.41. The molecule has 0 N–H and O–H groups in total. The molecule has 11 heavy (non-hydrogen) atoms. The summed E-state index contributed by atoms with van der Waals surface area (Å²) in [5, 5.41) is 4.25. The van der Waals surface area contributed by atoms with Gasteiger partial charge < -0.3 is 4.74 Å².